The topological polar surface area (TPSA) is 532 Å². The average molecular weight is 1130 g/mol. The predicted octanol–water partition coefficient (Wildman–Crippen LogP) is -14.0. The molecule has 0 aliphatic carbocycles. The maximum Gasteiger partial charge on any atom is 0.189 e. The first-order valence-electron chi connectivity index (χ1n) is 24.5. The molecule has 21 saturated heterocycles. The Morgan fingerprint density at radius 1 is 0.221 bits per heavy atom. The van der Waals surface area contributed by atoms with Gasteiger partial charge in [-0.1, -0.05) is 0 Å². The van der Waals surface area contributed by atoms with Crippen LogP contribution in [0.5, 0.6) is 0 Å². The minimum absolute atomic E-state index is 1.02. The predicted molar refractivity (Wildman–Crippen MR) is 228 cm³/mol. The van der Waals surface area contributed by atoms with Crippen LogP contribution in [0.15, 0.2) is 0 Å². The van der Waals surface area contributed by atoms with Crippen molar-refractivity contribution in [2.24, 2.45) is 0 Å². The largest absolute Gasteiger partial charge is 0.394 e. The summed E-state index contributed by atoms with van der Waals surface area (Å²) in [6.07, 6.45) is -69.3. The van der Waals surface area contributed by atoms with E-state index in [1.165, 1.54) is 0 Å². The third-order valence-electron chi connectivity index (χ3n) is 14.6. The molecule has 448 valence electrons. The molecular weight excluding hydrogens is 1060 g/mol. The second kappa shape index (κ2) is 26.0. The van der Waals surface area contributed by atoms with Crippen molar-refractivity contribution in [3.63, 3.8) is 0 Å². The summed E-state index contributed by atoms with van der Waals surface area (Å²) in [7, 11) is 2.10. The smallest absolute Gasteiger partial charge is 0.189 e. The third kappa shape index (κ3) is 12.1. The third-order valence-corrected chi connectivity index (χ3v) is 14.6. The molecule has 0 aromatic rings. The molecule has 0 aromatic carbocycles. The van der Waals surface area contributed by atoms with Crippen molar-refractivity contribution >= 4 is 0 Å². The van der Waals surface area contributed by atoms with E-state index in [0.717, 1.165) is 14.2 Å². The lowest BCUT2D eigenvalue weighted by Gasteiger charge is -2.50. The Hall–Kier alpha value is -1.40. The standard InChI is InChI=1S/C42H70O35/c1-62-41-32-19(54)26(61)40(77-41)75-33-18(53)25(60)39(76-42(33)63-2)73-31-12(7-47)67-37(23(58)16(31)51)71-29-10(5-45)65-35(21(56)14(29)49)69-27-8(3-43)64-34(20(55)13(27)48)70-28-9(4-44)66-36(22(57)15(28)50)72-30-11(6-46)68-38(74-32)24(59)17(30)52/h8-61H,3-7H2,1-2H3/t8?,9?,10?,11?,12?,13-,14-,15-,16-,17-,18-,19-,20?,21?,22?,23?,24?,25?,26?,27+,28+,29+,30+,31+,32-,33-,34+,35+,36+,37+,38+,39-,40-,41?,42?/m1/s1. The van der Waals surface area contributed by atoms with E-state index in [4.69, 9.17) is 75.8 Å². The van der Waals surface area contributed by atoms with Crippen molar-refractivity contribution in [2.75, 3.05) is 47.3 Å². The highest BCUT2D eigenvalue weighted by molar-refractivity contribution is 5.01. The molecule has 35 heteroatoms. The van der Waals surface area contributed by atoms with Gasteiger partial charge in [-0.2, -0.15) is 0 Å². The number of hydrogen-bond donors (Lipinski definition) is 19. The SMILES string of the molecule is COC1O[C@H]2O[C@H]3C(OC)O[C@@H](O[C@H]4C(CO)O[C@@H](O[C@H]5C(CO)O[C@@H](O[C@H]6C(CO)O[C@@H](O[C@H]7C(CO)O[C@@H](O[C@H]8C(CO)O[C@@H](O[C@@H]1[C@H](O)C2O)C(O)[C@H]8O)C(O)[C@H]7O)C(O)[C@H]6O)C(O)[C@H]5O)C(O)[C@H]4O)C(O)[C@H]3O. The van der Waals surface area contributed by atoms with Gasteiger partial charge in [-0.25, -0.2) is 0 Å². The maximum atomic E-state index is 11.4. The summed E-state index contributed by atoms with van der Waals surface area (Å²) < 4.78 is 90.5. The summed E-state index contributed by atoms with van der Waals surface area (Å²) in [5.41, 5.74) is 0. The van der Waals surface area contributed by atoms with Crippen molar-refractivity contribution < 1.29 is 173 Å². The molecule has 0 amide bonds. The van der Waals surface area contributed by atoms with E-state index in [9.17, 15) is 97.0 Å². The molecule has 14 bridgehead atoms. The minimum atomic E-state index is -2.20. The van der Waals surface area contributed by atoms with Gasteiger partial charge in [0.05, 0.1) is 33.0 Å². The van der Waals surface area contributed by atoms with E-state index in [1.54, 1.807) is 0 Å². The fourth-order valence-corrected chi connectivity index (χ4v) is 10.3. The van der Waals surface area contributed by atoms with E-state index in [-0.39, 0.29) is 0 Å². The highest BCUT2D eigenvalue weighted by atomic mass is 16.8. The van der Waals surface area contributed by atoms with Gasteiger partial charge in [-0.15, -0.1) is 0 Å². The number of aliphatic hydroxyl groups is 19. The normalized spacial score (nSPS) is 55.4. The van der Waals surface area contributed by atoms with Crippen LogP contribution in [-0.4, -0.2) is 360 Å². The molecule has 0 aromatic heterocycles. The van der Waals surface area contributed by atoms with Gasteiger partial charge in [-0.05, 0) is 0 Å². The molecule has 21 aliphatic rings. The van der Waals surface area contributed by atoms with Crippen LogP contribution in [0.4, 0.5) is 0 Å². The summed E-state index contributed by atoms with van der Waals surface area (Å²) in [4.78, 5) is 0. The van der Waals surface area contributed by atoms with Crippen LogP contribution >= 0.6 is 0 Å². The van der Waals surface area contributed by atoms with Crippen LogP contribution in [0.1, 0.15) is 0 Å². The summed E-state index contributed by atoms with van der Waals surface area (Å²) in [5, 5.41) is 210. The van der Waals surface area contributed by atoms with E-state index in [0.29, 0.717) is 0 Å². The second-order valence-corrected chi connectivity index (χ2v) is 19.4. The lowest BCUT2D eigenvalue weighted by Crippen LogP contribution is -2.68. The zero-order valence-corrected chi connectivity index (χ0v) is 40.8. The van der Waals surface area contributed by atoms with Gasteiger partial charge in [0.1, 0.15) is 159 Å². The quantitative estimate of drug-likeness (QED) is 0.113. The first-order chi connectivity index (χ1) is 36.7. The van der Waals surface area contributed by atoms with Gasteiger partial charge < -0.3 is 173 Å². The van der Waals surface area contributed by atoms with Crippen LogP contribution in [0.2, 0.25) is 0 Å². The molecule has 35 atom stereocenters. The lowest BCUT2D eigenvalue weighted by atomic mass is 9.95. The van der Waals surface area contributed by atoms with Crippen LogP contribution < -0.4 is 0 Å². The second-order valence-electron chi connectivity index (χ2n) is 19.4. The molecule has 0 radical (unpaired) electrons. The number of hydrogen-bond acceptors (Lipinski definition) is 35. The Kier molecular flexibility index (Phi) is 20.8. The Balaban J connectivity index is 1.08. The van der Waals surface area contributed by atoms with E-state index in [1.807, 2.05) is 0 Å². The minimum Gasteiger partial charge on any atom is -0.394 e. The molecule has 19 N–H and O–H groups in total. The van der Waals surface area contributed by atoms with Gasteiger partial charge in [0.15, 0.2) is 56.6 Å². The number of methoxy groups -OCH3 is 2. The van der Waals surface area contributed by atoms with Gasteiger partial charge in [0, 0.05) is 14.2 Å². The number of rotatable bonds is 7. The molecule has 35 nitrogen and oxygen atoms in total. The summed E-state index contributed by atoms with van der Waals surface area (Å²) >= 11 is 0. The molecule has 77 heavy (non-hydrogen) atoms. The fourth-order valence-electron chi connectivity index (χ4n) is 10.3. The van der Waals surface area contributed by atoms with Crippen molar-refractivity contribution in [3.05, 3.63) is 0 Å². The molecular formula is C42H70O35. The maximum absolute atomic E-state index is 11.4. The summed E-state index contributed by atoms with van der Waals surface area (Å²) in [6.45, 7) is -5.14. The lowest BCUT2D eigenvalue weighted by molar-refractivity contribution is -0.422. The molecule has 0 spiro atoms. The van der Waals surface area contributed by atoms with Crippen LogP contribution in [0.25, 0.3) is 0 Å². The number of aliphatic hydroxyl groups excluding tert-OH is 19. The van der Waals surface area contributed by atoms with Crippen molar-refractivity contribution in [1.29, 1.82) is 0 Å². The van der Waals surface area contributed by atoms with Crippen molar-refractivity contribution in [2.45, 2.75) is 215 Å². The highest BCUT2D eigenvalue weighted by Crippen LogP contribution is 2.39. The monoisotopic (exact) mass is 1130 g/mol. The van der Waals surface area contributed by atoms with Gasteiger partial charge in [-0.3, -0.25) is 0 Å². The summed E-state index contributed by atoms with van der Waals surface area (Å²) in [5.74, 6) is 0. The fraction of sp³-hybridized carbons (Fsp3) is 1.00. The van der Waals surface area contributed by atoms with Crippen LogP contribution in [-0.2, 0) is 75.8 Å². The molecule has 0 saturated carbocycles. The van der Waals surface area contributed by atoms with E-state index >= 15 is 0 Å². The zero-order chi connectivity index (χ0) is 56.1. The highest BCUT2D eigenvalue weighted by Gasteiger charge is 2.59. The van der Waals surface area contributed by atoms with Crippen molar-refractivity contribution in [1.82, 2.24) is 0 Å². The molecule has 21 rings (SSSR count). The first kappa shape index (κ1) is 61.7. The van der Waals surface area contributed by atoms with Crippen molar-refractivity contribution in [3.8, 4) is 0 Å². The molecule has 21 fully saturated rings. The first-order valence-corrected chi connectivity index (χ1v) is 24.5. The zero-order valence-electron chi connectivity index (χ0n) is 40.8. The van der Waals surface area contributed by atoms with Crippen LogP contribution in [0.3, 0.4) is 0 Å². The average Bonchev–Trinajstić information content (AvgIpc) is 3.47. The van der Waals surface area contributed by atoms with E-state index < -0.39 is 248 Å². The molecule has 21 heterocycles. The van der Waals surface area contributed by atoms with Crippen LogP contribution in [0, 0.1) is 0 Å². The van der Waals surface area contributed by atoms with Gasteiger partial charge in [0.25, 0.3) is 0 Å². The Morgan fingerprint density at radius 3 is 0.545 bits per heavy atom. The summed E-state index contributed by atoms with van der Waals surface area (Å²) in [6, 6.07) is 0. The molecule has 14 unspecified atom stereocenters. The molecule has 21 aliphatic heterocycles. The Labute approximate surface area is 435 Å². The Morgan fingerprint density at radius 2 is 0.377 bits per heavy atom. The van der Waals surface area contributed by atoms with Gasteiger partial charge in [0.2, 0.25) is 0 Å². The van der Waals surface area contributed by atoms with E-state index in [2.05, 4.69) is 0 Å². The number of ether oxygens (including phenoxy) is 16. The van der Waals surface area contributed by atoms with Gasteiger partial charge >= 0.3 is 0 Å². The Bertz CT molecular complexity index is 1470.